The molecule has 16 heavy (non-hydrogen) atoms. The maximum absolute atomic E-state index is 11.2. The van der Waals surface area contributed by atoms with Crippen LogP contribution in [0, 0.1) is 0 Å². The van der Waals surface area contributed by atoms with E-state index >= 15 is 0 Å². The Hall–Kier alpha value is -1.55. The highest BCUT2D eigenvalue weighted by Gasteiger charge is 2.17. The zero-order chi connectivity index (χ0) is 11.4. The molecule has 0 bridgehead atoms. The van der Waals surface area contributed by atoms with Gasteiger partial charge in [0.1, 0.15) is 11.9 Å². The molecule has 0 spiro atoms. The summed E-state index contributed by atoms with van der Waals surface area (Å²) in [6, 6.07) is 7.10. The van der Waals surface area contributed by atoms with Crippen LogP contribution in [0.15, 0.2) is 24.3 Å². The van der Waals surface area contributed by atoms with Crippen molar-refractivity contribution in [3.05, 3.63) is 29.8 Å². The molecule has 1 amide bonds. The second-order valence-electron chi connectivity index (χ2n) is 3.95. The number of piperidine rings is 1. The van der Waals surface area contributed by atoms with E-state index < -0.39 is 5.91 Å². The van der Waals surface area contributed by atoms with Crippen LogP contribution in [-0.2, 0) is 0 Å². The molecule has 1 heterocycles. The third-order valence-corrected chi connectivity index (χ3v) is 2.70. The number of carbonyl (C=O) groups excluding carboxylic acids is 1. The zero-order valence-corrected chi connectivity index (χ0v) is 9.11. The minimum atomic E-state index is -0.445. The van der Waals surface area contributed by atoms with E-state index in [1.54, 1.807) is 18.2 Å². The number of ether oxygens (including phenoxy) is 1. The molecule has 1 fully saturated rings. The Kier molecular flexibility index (Phi) is 3.41. The van der Waals surface area contributed by atoms with Crippen LogP contribution in [0.2, 0.25) is 0 Å². The van der Waals surface area contributed by atoms with E-state index in [4.69, 9.17) is 10.5 Å². The van der Waals surface area contributed by atoms with Crippen molar-refractivity contribution >= 4 is 5.91 Å². The molecule has 0 radical (unpaired) electrons. The van der Waals surface area contributed by atoms with Gasteiger partial charge in [-0.1, -0.05) is 12.1 Å². The summed E-state index contributed by atoms with van der Waals surface area (Å²) in [6.07, 6.45) is 2.25. The van der Waals surface area contributed by atoms with Gasteiger partial charge in [0.05, 0.1) is 5.56 Å². The molecule has 1 saturated heterocycles. The first-order valence-corrected chi connectivity index (χ1v) is 5.53. The Morgan fingerprint density at radius 2 is 2.25 bits per heavy atom. The lowest BCUT2D eigenvalue weighted by molar-refractivity contribution is 0.0990. The van der Waals surface area contributed by atoms with Gasteiger partial charge in [0, 0.05) is 6.54 Å². The molecular formula is C12H16N2O2. The first-order valence-electron chi connectivity index (χ1n) is 5.53. The van der Waals surface area contributed by atoms with Crippen molar-refractivity contribution < 1.29 is 9.53 Å². The Morgan fingerprint density at radius 3 is 2.94 bits per heavy atom. The Balaban J connectivity index is 2.10. The average Bonchev–Trinajstić information content (AvgIpc) is 2.31. The van der Waals surface area contributed by atoms with Gasteiger partial charge in [0.2, 0.25) is 0 Å². The number of carbonyl (C=O) groups is 1. The largest absolute Gasteiger partial charge is 0.488 e. The van der Waals surface area contributed by atoms with Gasteiger partial charge in [0.15, 0.2) is 0 Å². The average molecular weight is 220 g/mol. The van der Waals surface area contributed by atoms with Crippen LogP contribution in [-0.4, -0.2) is 25.1 Å². The number of rotatable bonds is 3. The van der Waals surface area contributed by atoms with E-state index in [0.29, 0.717) is 11.3 Å². The molecule has 2 rings (SSSR count). The summed E-state index contributed by atoms with van der Waals surface area (Å²) in [4.78, 5) is 11.2. The molecule has 1 aromatic carbocycles. The van der Waals surface area contributed by atoms with Crippen molar-refractivity contribution in [2.75, 3.05) is 13.1 Å². The quantitative estimate of drug-likeness (QED) is 0.796. The Bertz CT molecular complexity index is 373. The summed E-state index contributed by atoms with van der Waals surface area (Å²) in [5, 5.41) is 3.26. The fourth-order valence-electron chi connectivity index (χ4n) is 1.87. The van der Waals surface area contributed by atoms with E-state index in [-0.39, 0.29) is 6.10 Å². The summed E-state index contributed by atoms with van der Waals surface area (Å²) in [6.45, 7) is 1.87. The van der Waals surface area contributed by atoms with Crippen LogP contribution in [0.1, 0.15) is 23.2 Å². The van der Waals surface area contributed by atoms with Gasteiger partial charge in [-0.05, 0) is 31.5 Å². The van der Waals surface area contributed by atoms with E-state index in [1.165, 1.54) is 0 Å². The van der Waals surface area contributed by atoms with E-state index in [0.717, 1.165) is 25.9 Å². The highest BCUT2D eigenvalue weighted by Crippen LogP contribution is 2.20. The lowest BCUT2D eigenvalue weighted by Crippen LogP contribution is -2.37. The normalized spacial score (nSPS) is 20.4. The monoisotopic (exact) mass is 220 g/mol. The predicted octanol–water partition coefficient (Wildman–Crippen LogP) is 0.916. The molecule has 0 aromatic heterocycles. The highest BCUT2D eigenvalue weighted by atomic mass is 16.5. The lowest BCUT2D eigenvalue weighted by atomic mass is 10.1. The van der Waals surface area contributed by atoms with Crippen LogP contribution in [0.4, 0.5) is 0 Å². The summed E-state index contributed by atoms with van der Waals surface area (Å²) in [5.41, 5.74) is 5.74. The number of benzene rings is 1. The molecule has 0 saturated carbocycles. The Labute approximate surface area is 94.8 Å². The van der Waals surface area contributed by atoms with Crippen LogP contribution >= 0.6 is 0 Å². The van der Waals surface area contributed by atoms with Crippen LogP contribution in [0.25, 0.3) is 0 Å². The second-order valence-corrected chi connectivity index (χ2v) is 3.95. The molecule has 0 aliphatic carbocycles. The molecule has 1 aliphatic rings. The minimum Gasteiger partial charge on any atom is -0.488 e. The second kappa shape index (κ2) is 4.99. The van der Waals surface area contributed by atoms with Crippen molar-refractivity contribution in [1.29, 1.82) is 0 Å². The molecule has 4 nitrogen and oxygen atoms in total. The van der Waals surface area contributed by atoms with Gasteiger partial charge in [-0.2, -0.15) is 0 Å². The predicted molar refractivity (Wildman–Crippen MR) is 61.5 cm³/mol. The van der Waals surface area contributed by atoms with Crippen LogP contribution in [0.3, 0.4) is 0 Å². The van der Waals surface area contributed by atoms with E-state index in [2.05, 4.69) is 5.32 Å². The zero-order valence-electron chi connectivity index (χ0n) is 9.11. The summed E-state index contributed by atoms with van der Waals surface area (Å²) in [5.74, 6) is 0.142. The van der Waals surface area contributed by atoms with Crippen molar-refractivity contribution in [3.8, 4) is 5.75 Å². The summed E-state index contributed by atoms with van der Waals surface area (Å²) in [7, 11) is 0. The van der Waals surface area contributed by atoms with Gasteiger partial charge in [-0.25, -0.2) is 0 Å². The molecule has 1 aromatic rings. The van der Waals surface area contributed by atoms with Gasteiger partial charge in [-0.3, -0.25) is 4.79 Å². The van der Waals surface area contributed by atoms with E-state index in [1.807, 2.05) is 6.07 Å². The highest BCUT2D eigenvalue weighted by molar-refractivity contribution is 5.95. The molecule has 4 heteroatoms. The third kappa shape index (κ3) is 2.52. The Morgan fingerprint density at radius 1 is 1.44 bits per heavy atom. The smallest absolute Gasteiger partial charge is 0.252 e. The number of nitrogens with two attached hydrogens (primary N) is 1. The van der Waals surface area contributed by atoms with Gasteiger partial charge < -0.3 is 15.8 Å². The number of nitrogens with one attached hydrogen (secondary N) is 1. The van der Waals surface area contributed by atoms with Crippen LogP contribution < -0.4 is 15.8 Å². The van der Waals surface area contributed by atoms with Gasteiger partial charge in [-0.15, -0.1) is 0 Å². The number of primary amides is 1. The molecule has 1 aliphatic heterocycles. The first-order chi connectivity index (χ1) is 7.77. The number of amides is 1. The molecule has 1 atom stereocenters. The summed E-state index contributed by atoms with van der Waals surface area (Å²) >= 11 is 0. The van der Waals surface area contributed by atoms with Crippen molar-refractivity contribution in [3.63, 3.8) is 0 Å². The first kappa shape index (κ1) is 11.0. The summed E-state index contributed by atoms with van der Waals surface area (Å²) < 4.78 is 5.78. The molecule has 3 N–H and O–H groups in total. The molecular weight excluding hydrogens is 204 g/mol. The fourth-order valence-corrected chi connectivity index (χ4v) is 1.87. The standard InChI is InChI=1S/C12H16N2O2/c13-12(15)10-5-1-2-6-11(10)16-9-4-3-7-14-8-9/h1-2,5-6,9,14H,3-4,7-8H2,(H2,13,15). The third-order valence-electron chi connectivity index (χ3n) is 2.70. The maximum atomic E-state index is 11.2. The lowest BCUT2D eigenvalue weighted by Gasteiger charge is -2.24. The minimum absolute atomic E-state index is 0.134. The molecule has 86 valence electrons. The van der Waals surface area contributed by atoms with Crippen molar-refractivity contribution in [1.82, 2.24) is 5.32 Å². The number of para-hydroxylation sites is 1. The fraction of sp³-hybridized carbons (Fsp3) is 0.417. The number of hydrogen-bond donors (Lipinski definition) is 2. The SMILES string of the molecule is NC(=O)c1ccccc1OC1CCCNC1. The van der Waals surface area contributed by atoms with Crippen molar-refractivity contribution in [2.24, 2.45) is 5.73 Å². The van der Waals surface area contributed by atoms with Gasteiger partial charge in [0.25, 0.3) is 5.91 Å². The van der Waals surface area contributed by atoms with Crippen LogP contribution in [0.5, 0.6) is 5.75 Å². The maximum Gasteiger partial charge on any atom is 0.252 e. The topological polar surface area (TPSA) is 64.4 Å². The van der Waals surface area contributed by atoms with Crippen molar-refractivity contribution in [2.45, 2.75) is 18.9 Å². The van der Waals surface area contributed by atoms with Gasteiger partial charge >= 0.3 is 0 Å². The van der Waals surface area contributed by atoms with E-state index in [9.17, 15) is 4.79 Å². The molecule has 1 unspecified atom stereocenters. The number of hydrogen-bond acceptors (Lipinski definition) is 3.